The Labute approximate surface area is 158 Å². The van der Waals surface area contributed by atoms with E-state index >= 15 is 0 Å². The summed E-state index contributed by atoms with van der Waals surface area (Å²) in [6.45, 7) is 1.38. The maximum atomic E-state index is 12.9. The molecule has 4 rings (SSSR count). The molecule has 2 amide bonds. The molecule has 0 spiro atoms. The first-order valence-electron chi connectivity index (χ1n) is 9.50. The van der Waals surface area contributed by atoms with Gasteiger partial charge in [-0.2, -0.15) is 0 Å². The van der Waals surface area contributed by atoms with Crippen molar-refractivity contribution in [2.75, 3.05) is 13.6 Å². The number of aromatic nitrogens is 2. The molecule has 142 valence electrons. The van der Waals surface area contributed by atoms with E-state index in [0.29, 0.717) is 19.6 Å². The number of hydrogen-bond donors (Lipinski definition) is 0. The van der Waals surface area contributed by atoms with Gasteiger partial charge in [0, 0.05) is 50.9 Å². The van der Waals surface area contributed by atoms with Gasteiger partial charge in [-0.15, -0.1) is 0 Å². The molecular formula is C20H24N4O3. The highest BCUT2D eigenvalue weighted by Crippen LogP contribution is 2.26. The van der Waals surface area contributed by atoms with E-state index in [2.05, 4.69) is 10.1 Å². The van der Waals surface area contributed by atoms with Crippen molar-refractivity contribution < 1.29 is 14.1 Å². The molecule has 0 saturated carbocycles. The molecule has 2 aliphatic rings. The maximum Gasteiger partial charge on any atom is 0.228 e. The lowest BCUT2D eigenvalue weighted by Crippen LogP contribution is -2.34. The summed E-state index contributed by atoms with van der Waals surface area (Å²) in [5.41, 5.74) is 3.00. The highest BCUT2D eigenvalue weighted by Gasteiger charge is 2.36. The van der Waals surface area contributed by atoms with Crippen LogP contribution in [0.5, 0.6) is 0 Å². The molecule has 1 atom stereocenters. The van der Waals surface area contributed by atoms with Gasteiger partial charge in [-0.3, -0.25) is 14.6 Å². The van der Waals surface area contributed by atoms with Gasteiger partial charge >= 0.3 is 0 Å². The molecule has 0 radical (unpaired) electrons. The van der Waals surface area contributed by atoms with E-state index in [9.17, 15) is 9.59 Å². The molecule has 0 bridgehead atoms. The first-order valence-corrected chi connectivity index (χ1v) is 9.50. The number of carbonyl (C=O) groups is 2. The Bertz CT molecular complexity index is 833. The van der Waals surface area contributed by atoms with Crippen molar-refractivity contribution in [3.8, 4) is 0 Å². The summed E-state index contributed by atoms with van der Waals surface area (Å²) in [7, 11) is 1.78. The van der Waals surface area contributed by atoms with Gasteiger partial charge in [0.25, 0.3) is 0 Å². The second-order valence-electron chi connectivity index (χ2n) is 7.47. The third-order valence-corrected chi connectivity index (χ3v) is 5.45. The van der Waals surface area contributed by atoms with Crippen LogP contribution in [0.3, 0.4) is 0 Å². The van der Waals surface area contributed by atoms with E-state index < -0.39 is 0 Å². The van der Waals surface area contributed by atoms with Crippen LogP contribution < -0.4 is 0 Å². The lowest BCUT2D eigenvalue weighted by Gasteiger charge is -2.21. The SMILES string of the molecule is CN(Cc1noc2c1CCCC2)C(=O)[C@@H]1CC(=O)N(Cc2cccnc2)C1. The number of pyridine rings is 1. The van der Waals surface area contributed by atoms with Crippen LogP contribution in [0.1, 0.15) is 41.8 Å². The molecule has 2 aromatic rings. The lowest BCUT2D eigenvalue weighted by molar-refractivity contribution is -0.135. The first-order chi connectivity index (χ1) is 13.1. The molecule has 1 saturated heterocycles. The van der Waals surface area contributed by atoms with Crippen LogP contribution in [-0.2, 0) is 35.5 Å². The number of rotatable bonds is 5. The summed E-state index contributed by atoms with van der Waals surface area (Å²) in [5, 5.41) is 4.18. The van der Waals surface area contributed by atoms with Gasteiger partial charge < -0.3 is 14.3 Å². The molecule has 3 heterocycles. The highest BCUT2D eigenvalue weighted by atomic mass is 16.5. The predicted octanol–water partition coefficient (Wildman–Crippen LogP) is 1.96. The number of likely N-dealkylation sites (tertiary alicyclic amines) is 1. The second kappa shape index (κ2) is 7.50. The number of hydrogen-bond acceptors (Lipinski definition) is 5. The molecule has 0 aromatic carbocycles. The fourth-order valence-electron chi connectivity index (χ4n) is 3.99. The standard InChI is InChI=1S/C20H24N4O3/c1-23(13-17-16-6-2-3-7-18(16)27-22-17)20(26)15-9-19(25)24(12-15)11-14-5-4-8-21-10-14/h4-5,8,10,15H,2-3,6-7,9,11-13H2,1H3/t15-/m1/s1. The Hall–Kier alpha value is -2.70. The first kappa shape index (κ1) is 17.7. The summed E-state index contributed by atoms with van der Waals surface area (Å²) < 4.78 is 5.44. The molecule has 7 nitrogen and oxygen atoms in total. The lowest BCUT2D eigenvalue weighted by atomic mass is 9.96. The molecule has 7 heteroatoms. The molecule has 27 heavy (non-hydrogen) atoms. The number of fused-ring (bicyclic) bond motifs is 1. The number of nitrogens with zero attached hydrogens (tertiary/aromatic N) is 4. The van der Waals surface area contributed by atoms with Crippen LogP contribution in [0.2, 0.25) is 0 Å². The van der Waals surface area contributed by atoms with Crippen molar-refractivity contribution in [1.29, 1.82) is 0 Å². The van der Waals surface area contributed by atoms with Crippen molar-refractivity contribution in [3.63, 3.8) is 0 Å². The Morgan fingerprint density at radius 1 is 1.37 bits per heavy atom. The van der Waals surface area contributed by atoms with Crippen LogP contribution in [-0.4, -0.2) is 45.3 Å². The van der Waals surface area contributed by atoms with Crippen LogP contribution >= 0.6 is 0 Å². The topological polar surface area (TPSA) is 79.5 Å². The van der Waals surface area contributed by atoms with E-state index in [1.54, 1.807) is 29.2 Å². The average Bonchev–Trinajstić information content (AvgIpc) is 3.26. The zero-order valence-corrected chi connectivity index (χ0v) is 15.6. The minimum Gasteiger partial charge on any atom is -0.361 e. The zero-order valence-electron chi connectivity index (χ0n) is 15.6. The quantitative estimate of drug-likeness (QED) is 0.806. The predicted molar refractivity (Wildman–Crippen MR) is 97.4 cm³/mol. The van der Waals surface area contributed by atoms with Gasteiger partial charge in [-0.05, 0) is 30.9 Å². The maximum absolute atomic E-state index is 12.9. The van der Waals surface area contributed by atoms with Crippen molar-refractivity contribution in [3.05, 3.63) is 47.1 Å². The van der Waals surface area contributed by atoms with Gasteiger partial charge in [-0.1, -0.05) is 11.2 Å². The van der Waals surface area contributed by atoms with Crippen LogP contribution in [0.25, 0.3) is 0 Å². The van der Waals surface area contributed by atoms with E-state index in [-0.39, 0.29) is 24.2 Å². The van der Waals surface area contributed by atoms with Crippen LogP contribution in [0.15, 0.2) is 29.0 Å². The normalized spacial score (nSPS) is 19.2. The monoisotopic (exact) mass is 368 g/mol. The average molecular weight is 368 g/mol. The van der Waals surface area contributed by atoms with Gasteiger partial charge in [0.05, 0.1) is 12.5 Å². The molecule has 1 aliphatic carbocycles. The molecule has 1 fully saturated rings. The number of amides is 2. The largest absolute Gasteiger partial charge is 0.361 e. The van der Waals surface area contributed by atoms with Gasteiger partial charge in [-0.25, -0.2) is 0 Å². The second-order valence-corrected chi connectivity index (χ2v) is 7.47. The van der Waals surface area contributed by atoms with Gasteiger partial charge in [0.2, 0.25) is 11.8 Å². The summed E-state index contributed by atoms with van der Waals surface area (Å²) in [4.78, 5) is 32.7. The van der Waals surface area contributed by atoms with E-state index in [0.717, 1.165) is 42.7 Å². The molecular weight excluding hydrogens is 344 g/mol. The zero-order chi connectivity index (χ0) is 18.8. The Balaban J connectivity index is 1.38. The minimum absolute atomic E-state index is 0.00963. The van der Waals surface area contributed by atoms with Gasteiger partial charge in [0.15, 0.2) is 0 Å². The molecule has 2 aromatic heterocycles. The van der Waals surface area contributed by atoms with Crippen molar-refractivity contribution in [2.45, 2.75) is 45.2 Å². The van der Waals surface area contributed by atoms with E-state index in [1.165, 1.54) is 5.56 Å². The Morgan fingerprint density at radius 3 is 3.04 bits per heavy atom. The summed E-state index contributed by atoms with van der Waals surface area (Å²) in [5.74, 6) is 0.673. The van der Waals surface area contributed by atoms with Crippen molar-refractivity contribution >= 4 is 11.8 Å². The highest BCUT2D eigenvalue weighted by molar-refractivity contribution is 5.89. The number of aryl methyl sites for hydroxylation is 1. The summed E-state index contributed by atoms with van der Waals surface area (Å²) in [6, 6.07) is 3.79. The molecule has 1 aliphatic heterocycles. The fraction of sp³-hybridized carbons (Fsp3) is 0.500. The van der Waals surface area contributed by atoms with Crippen LogP contribution in [0.4, 0.5) is 0 Å². The molecule has 0 unspecified atom stereocenters. The minimum atomic E-state index is -0.304. The van der Waals surface area contributed by atoms with Crippen molar-refractivity contribution in [1.82, 2.24) is 19.9 Å². The van der Waals surface area contributed by atoms with Crippen molar-refractivity contribution in [2.24, 2.45) is 5.92 Å². The fourth-order valence-corrected chi connectivity index (χ4v) is 3.99. The van der Waals surface area contributed by atoms with E-state index in [4.69, 9.17) is 4.52 Å². The van der Waals surface area contributed by atoms with Crippen LogP contribution in [0, 0.1) is 5.92 Å². The molecule has 0 N–H and O–H groups in total. The summed E-state index contributed by atoms with van der Waals surface area (Å²) in [6.07, 6.45) is 7.89. The smallest absolute Gasteiger partial charge is 0.228 e. The Morgan fingerprint density at radius 2 is 2.22 bits per heavy atom. The third kappa shape index (κ3) is 3.72. The summed E-state index contributed by atoms with van der Waals surface area (Å²) >= 11 is 0. The number of carbonyl (C=O) groups excluding carboxylic acids is 2. The van der Waals surface area contributed by atoms with E-state index in [1.807, 2.05) is 12.1 Å². The Kier molecular flexibility index (Phi) is 4.92. The third-order valence-electron chi connectivity index (χ3n) is 5.45. The van der Waals surface area contributed by atoms with Gasteiger partial charge in [0.1, 0.15) is 11.5 Å².